The van der Waals surface area contributed by atoms with Crippen molar-refractivity contribution in [1.29, 1.82) is 0 Å². The highest BCUT2D eigenvalue weighted by Gasteiger charge is 2.07. The quantitative estimate of drug-likeness (QED) is 0.580. The van der Waals surface area contributed by atoms with Gasteiger partial charge in [-0.3, -0.25) is 4.68 Å². The lowest BCUT2D eigenvalue weighted by Crippen LogP contribution is -2.13. The minimum absolute atomic E-state index is 0.255. The Labute approximate surface area is 124 Å². The Bertz CT molecular complexity index is 579. The molecule has 1 heterocycles. The van der Waals surface area contributed by atoms with Crippen molar-refractivity contribution in [3.05, 3.63) is 53.3 Å². The van der Waals surface area contributed by atoms with Crippen LogP contribution in [0.5, 0.6) is 0 Å². The molecular weight excluding hydrogens is 268 g/mol. The first-order chi connectivity index (χ1) is 10.2. The second-order valence-corrected chi connectivity index (χ2v) is 4.82. The molecule has 0 radical (unpaired) electrons. The topological polar surface area (TPSA) is 53.4 Å². The van der Waals surface area contributed by atoms with E-state index in [4.69, 9.17) is 9.47 Å². The van der Waals surface area contributed by atoms with Gasteiger partial charge in [0, 0.05) is 12.4 Å². The van der Waals surface area contributed by atoms with Crippen LogP contribution in [0.15, 0.2) is 36.7 Å². The molecule has 0 aliphatic carbocycles. The van der Waals surface area contributed by atoms with Gasteiger partial charge < -0.3 is 9.47 Å². The normalized spacial score (nSPS) is 10.6. The third kappa shape index (κ3) is 4.72. The summed E-state index contributed by atoms with van der Waals surface area (Å²) in [7, 11) is 0. The van der Waals surface area contributed by atoms with Gasteiger partial charge in [0.2, 0.25) is 0 Å². The SMILES string of the molecule is Cc1ccc(C(=O)OCCOCCn2cccn2)cc1C. The van der Waals surface area contributed by atoms with E-state index in [0.29, 0.717) is 25.3 Å². The molecule has 0 atom stereocenters. The average Bonchev–Trinajstić information content (AvgIpc) is 2.98. The molecule has 0 fully saturated rings. The monoisotopic (exact) mass is 288 g/mol. The largest absolute Gasteiger partial charge is 0.460 e. The highest BCUT2D eigenvalue weighted by Crippen LogP contribution is 2.10. The third-order valence-electron chi connectivity index (χ3n) is 3.23. The Hall–Kier alpha value is -2.14. The molecule has 5 heteroatoms. The standard InChI is InChI=1S/C16H20N2O3/c1-13-4-5-15(12-14(13)2)16(19)21-11-10-20-9-8-18-7-3-6-17-18/h3-7,12H,8-11H2,1-2H3. The van der Waals surface area contributed by atoms with Crippen LogP contribution < -0.4 is 0 Å². The predicted octanol–water partition coefficient (Wildman–Crippen LogP) is 2.37. The predicted molar refractivity (Wildman–Crippen MR) is 79.2 cm³/mol. The van der Waals surface area contributed by atoms with Gasteiger partial charge in [0.15, 0.2) is 0 Å². The van der Waals surface area contributed by atoms with E-state index in [9.17, 15) is 4.79 Å². The maximum atomic E-state index is 11.8. The number of nitrogens with zero attached hydrogens (tertiary/aromatic N) is 2. The number of rotatable bonds is 7. The number of aryl methyl sites for hydroxylation is 2. The maximum absolute atomic E-state index is 11.8. The van der Waals surface area contributed by atoms with E-state index in [1.807, 2.05) is 38.2 Å². The lowest BCUT2D eigenvalue weighted by Gasteiger charge is -2.07. The molecule has 0 saturated heterocycles. The zero-order valence-electron chi connectivity index (χ0n) is 12.4. The molecule has 0 aliphatic heterocycles. The van der Waals surface area contributed by atoms with Gasteiger partial charge in [0.25, 0.3) is 0 Å². The highest BCUT2D eigenvalue weighted by molar-refractivity contribution is 5.89. The van der Waals surface area contributed by atoms with Gasteiger partial charge >= 0.3 is 5.97 Å². The van der Waals surface area contributed by atoms with E-state index in [1.54, 1.807) is 16.9 Å². The number of hydrogen-bond acceptors (Lipinski definition) is 4. The molecule has 0 amide bonds. The Kier molecular flexibility index (Phi) is 5.51. The van der Waals surface area contributed by atoms with Crippen LogP contribution in [0.3, 0.4) is 0 Å². The number of ether oxygens (including phenoxy) is 2. The van der Waals surface area contributed by atoms with Crippen LogP contribution in [0.25, 0.3) is 0 Å². The molecule has 21 heavy (non-hydrogen) atoms. The summed E-state index contributed by atoms with van der Waals surface area (Å²) in [6, 6.07) is 7.41. The second kappa shape index (κ2) is 7.59. The van der Waals surface area contributed by atoms with Crippen molar-refractivity contribution in [2.75, 3.05) is 19.8 Å². The first kappa shape index (κ1) is 15.3. The molecule has 5 nitrogen and oxygen atoms in total. The summed E-state index contributed by atoms with van der Waals surface area (Å²) in [4.78, 5) is 11.8. The molecule has 0 saturated carbocycles. The van der Waals surface area contributed by atoms with E-state index in [1.165, 1.54) is 0 Å². The molecule has 0 spiro atoms. The van der Waals surface area contributed by atoms with Crippen LogP contribution in [-0.4, -0.2) is 35.6 Å². The number of aromatic nitrogens is 2. The summed E-state index contributed by atoms with van der Waals surface area (Å²) < 4.78 is 12.4. The second-order valence-electron chi connectivity index (χ2n) is 4.82. The van der Waals surface area contributed by atoms with E-state index >= 15 is 0 Å². The summed E-state index contributed by atoms with van der Waals surface area (Å²) in [5, 5.41) is 4.07. The third-order valence-corrected chi connectivity index (χ3v) is 3.23. The fourth-order valence-electron chi connectivity index (χ4n) is 1.84. The number of benzene rings is 1. The van der Waals surface area contributed by atoms with E-state index in [0.717, 1.165) is 11.1 Å². The Morgan fingerprint density at radius 2 is 2.05 bits per heavy atom. The number of carbonyl (C=O) groups is 1. The molecular formula is C16H20N2O3. The number of hydrogen-bond donors (Lipinski definition) is 0. The summed E-state index contributed by atoms with van der Waals surface area (Å²) >= 11 is 0. The molecule has 0 unspecified atom stereocenters. The summed E-state index contributed by atoms with van der Waals surface area (Å²) in [6.07, 6.45) is 3.61. The Morgan fingerprint density at radius 1 is 1.19 bits per heavy atom. The first-order valence-electron chi connectivity index (χ1n) is 6.96. The van der Waals surface area contributed by atoms with Crippen molar-refractivity contribution >= 4 is 5.97 Å². The van der Waals surface area contributed by atoms with Crippen LogP contribution >= 0.6 is 0 Å². The van der Waals surface area contributed by atoms with Crippen molar-refractivity contribution in [3.63, 3.8) is 0 Å². The lowest BCUT2D eigenvalue weighted by atomic mass is 10.1. The van der Waals surface area contributed by atoms with Crippen LogP contribution in [0.4, 0.5) is 0 Å². The van der Waals surface area contributed by atoms with Crippen molar-refractivity contribution < 1.29 is 14.3 Å². The molecule has 0 N–H and O–H groups in total. The molecule has 112 valence electrons. The van der Waals surface area contributed by atoms with E-state index < -0.39 is 0 Å². The summed E-state index contributed by atoms with van der Waals surface area (Å²) in [5.74, 6) is -0.311. The summed E-state index contributed by atoms with van der Waals surface area (Å²) in [6.45, 7) is 5.87. The summed E-state index contributed by atoms with van der Waals surface area (Å²) in [5.41, 5.74) is 2.82. The zero-order valence-corrected chi connectivity index (χ0v) is 12.4. The molecule has 2 aromatic rings. The van der Waals surface area contributed by atoms with Gasteiger partial charge in [0.05, 0.1) is 25.3 Å². The molecule has 1 aromatic carbocycles. The van der Waals surface area contributed by atoms with E-state index in [2.05, 4.69) is 5.10 Å². The van der Waals surface area contributed by atoms with Crippen LogP contribution in [0, 0.1) is 13.8 Å². The van der Waals surface area contributed by atoms with Crippen molar-refractivity contribution in [1.82, 2.24) is 9.78 Å². The van der Waals surface area contributed by atoms with Crippen molar-refractivity contribution in [2.45, 2.75) is 20.4 Å². The smallest absolute Gasteiger partial charge is 0.338 e. The molecule has 0 bridgehead atoms. The van der Waals surface area contributed by atoms with Gasteiger partial charge in [-0.25, -0.2) is 4.79 Å². The van der Waals surface area contributed by atoms with Gasteiger partial charge in [0.1, 0.15) is 6.61 Å². The Morgan fingerprint density at radius 3 is 2.76 bits per heavy atom. The molecule has 2 rings (SSSR count). The zero-order chi connectivity index (χ0) is 15.1. The maximum Gasteiger partial charge on any atom is 0.338 e. The minimum atomic E-state index is -0.311. The molecule has 0 aliphatic rings. The highest BCUT2D eigenvalue weighted by atomic mass is 16.6. The molecule has 1 aromatic heterocycles. The van der Waals surface area contributed by atoms with Crippen LogP contribution in [0.1, 0.15) is 21.5 Å². The van der Waals surface area contributed by atoms with E-state index in [-0.39, 0.29) is 12.6 Å². The van der Waals surface area contributed by atoms with Gasteiger partial charge in [-0.15, -0.1) is 0 Å². The van der Waals surface area contributed by atoms with Crippen LogP contribution in [-0.2, 0) is 16.0 Å². The lowest BCUT2D eigenvalue weighted by molar-refractivity contribution is 0.0303. The minimum Gasteiger partial charge on any atom is -0.460 e. The van der Waals surface area contributed by atoms with Crippen LogP contribution in [0.2, 0.25) is 0 Å². The first-order valence-corrected chi connectivity index (χ1v) is 6.96. The number of esters is 1. The van der Waals surface area contributed by atoms with Crippen molar-refractivity contribution in [2.24, 2.45) is 0 Å². The van der Waals surface area contributed by atoms with Gasteiger partial charge in [-0.2, -0.15) is 5.10 Å². The fraction of sp³-hybridized carbons (Fsp3) is 0.375. The van der Waals surface area contributed by atoms with Gasteiger partial charge in [-0.05, 0) is 43.2 Å². The number of carbonyl (C=O) groups excluding carboxylic acids is 1. The average molecular weight is 288 g/mol. The van der Waals surface area contributed by atoms with Gasteiger partial charge in [-0.1, -0.05) is 6.07 Å². The fourth-order valence-corrected chi connectivity index (χ4v) is 1.84. The Balaban J connectivity index is 1.63. The van der Waals surface area contributed by atoms with Crippen molar-refractivity contribution in [3.8, 4) is 0 Å².